The lowest BCUT2D eigenvalue weighted by molar-refractivity contribution is -0.127. The molecule has 6 nitrogen and oxygen atoms in total. The van der Waals surface area contributed by atoms with Crippen LogP contribution in [0.4, 0.5) is 0 Å². The highest BCUT2D eigenvalue weighted by Crippen LogP contribution is 2.22. The van der Waals surface area contributed by atoms with Gasteiger partial charge in [0.05, 0.1) is 30.0 Å². The molecule has 31 heavy (non-hydrogen) atoms. The first-order valence-electron chi connectivity index (χ1n) is 10.0. The number of hydrogen-bond acceptors (Lipinski definition) is 5. The second-order valence-corrected chi connectivity index (χ2v) is 7.09. The van der Waals surface area contributed by atoms with Crippen molar-refractivity contribution in [3.05, 3.63) is 84.6 Å². The van der Waals surface area contributed by atoms with E-state index in [2.05, 4.69) is 15.3 Å². The standard InChI is InChI=1S/C25H23N3O3/c1-17(25(29)27-15-18-7-11-20(30-2)12-8-18)31-21-13-9-19(10-14-21)24-16-26-22-5-3-4-6-23(22)28-24/h3-14,16-17H,15H2,1-2H3,(H,27,29)/t17-/m0/s1. The minimum absolute atomic E-state index is 0.180. The zero-order chi connectivity index (χ0) is 21.6. The first-order chi connectivity index (χ1) is 15.1. The van der Waals surface area contributed by atoms with Gasteiger partial charge >= 0.3 is 0 Å². The van der Waals surface area contributed by atoms with E-state index in [0.29, 0.717) is 12.3 Å². The summed E-state index contributed by atoms with van der Waals surface area (Å²) in [6.07, 6.45) is 1.14. The van der Waals surface area contributed by atoms with Gasteiger partial charge in [0.1, 0.15) is 11.5 Å². The fraction of sp³-hybridized carbons (Fsp3) is 0.160. The maximum Gasteiger partial charge on any atom is 0.261 e. The van der Waals surface area contributed by atoms with Gasteiger partial charge in [0, 0.05) is 12.1 Å². The molecule has 0 fully saturated rings. The molecular weight excluding hydrogens is 390 g/mol. The van der Waals surface area contributed by atoms with Crippen LogP contribution in [0.15, 0.2) is 79.0 Å². The summed E-state index contributed by atoms with van der Waals surface area (Å²) in [7, 11) is 1.62. The quantitative estimate of drug-likeness (QED) is 0.486. The fourth-order valence-electron chi connectivity index (χ4n) is 3.13. The molecule has 0 spiro atoms. The monoisotopic (exact) mass is 413 g/mol. The summed E-state index contributed by atoms with van der Waals surface area (Å²) in [6, 6.07) is 22.8. The third kappa shape index (κ3) is 4.98. The number of amides is 1. The van der Waals surface area contributed by atoms with E-state index in [1.54, 1.807) is 20.2 Å². The van der Waals surface area contributed by atoms with E-state index < -0.39 is 6.10 Å². The second kappa shape index (κ2) is 9.26. The number of carbonyl (C=O) groups excluding carboxylic acids is 1. The van der Waals surface area contributed by atoms with Gasteiger partial charge in [0.15, 0.2) is 6.10 Å². The van der Waals surface area contributed by atoms with Crippen LogP contribution in [0.2, 0.25) is 0 Å². The van der Waals surface area contributed by atoms with E-state index >= 15 is 0 Å². The van der Waals surface area contributed by atoms with Crippen molar-refractivity contribution >= 4 is 16.9 Å². The van der Waals surface area contributed by atoms with E-state index in [1.807, 2.05) is 72.8 Å². The van der Waals surface area contributed by atoms with Crippen molar-refractivity contribution in [1.29, 1.82) is 0 Å². The largest absolute Gasteiger partial charge is 0.497 e. The van der Waals surface area contributed by atoms with Gasteiger partial charge in [-0.1, -0.05) is 24.3 Å². The van der Waals surface area contributed by atoms with E-state index in [-0.39, 0.29) is 5.91 Å². The molecule has 1 aromatic heterocycles. The van der Waals surface area contributed by atoms with Crippen LogP contribution in [0.25, 0.3) is 22.3 Å². The van der Waals surface area contributed by atoms with Crippen LogP contribution < -0.4 is 14.8 Å². The Bertz CT molecular complexity index is 1170. The summed E-state index contributed by atoms with van der Waals surface area (Å²) in [4.78, 5) is 21.5. The zero-order valence-electron chi connectivity index (χ0n) is 17.4. The minimum Gasteiger partial charge on any atom is -0.497 e. The number of nitrogens with one attached hydrogen (secondary N) is 1. The number of ether oxygens (including phenoxy) is 2. The Kier molecular flexibility index (Phi) is 6.08. The van der Waals surface area contributed by atoms with Gasteiger partial charge in [0.25, 0.3) is 5.91 Å². The van der Waals surface area contributed by atoms with E-state index in [1.165, 1.54) is 0 Å². The van der Waals surface area contributed by atoms with Gasteiger partial charge in [-0.05, 0) is 61.0 Å². The third-order valence-electron chi connectivity index (χ3n) is 4.91. The van der Waals surface area contributed by atoms with Crippen molar-refractivity contribution < 1.29 is 14.3 Å². The number of carbonyl (C=O) groups is 1. The molecule has 0 saturated carbocycles. The van der Waals surface area contributed by atoms with Gasteiger partial charge in [-0.2, -0.15) is 0 Å². The molecular formula is C25H23N3O3. The lowest BCUT2D eigenvalue weighted by atomic mass is 10.1. The summed E-state index contributed by atoms with van der Waals surface area (Å²) >= 11 is 0. The Labute approximate surface area is 180 Å². The Morgan fingerprint density at radius 1 is 0.935 bits per heavy atom. The zero-order valence-corrected chi connectivity index (χ0v) is 17.4. The molecule has 156 valence electrons. The molecule has 0 aliphatic carbocycles. The molecule has 1 amide bonds. The molecule has 0 saturated heterocycles. The Balaban J connectivity index is 1.35. The molecule has 0 aliphatic rings. The number of aromatic nitrogens is 2. The highest BCUT2D eigenvalue weighted by molar-refractivity contribution is 5.80. The molecule has 0 aliphatic heterocycles. The van der Waals surface area contributed by atoms with E-state index in [0.717, 1.165) is 33.6 Å². The number of fused-ring (bicyclic) bond motifs is 1. The van der Waals surface area contributed by atoms with Crippen molar-refractivity contribution in [3.8, 4) is 22.8 Å². The van der Waals surface area contributed by atoms with Crippen LogP contribution in [0.5, 0.6) is 11.5 Å². The highest BCUT2D eigenvalue weighted by Gasteiger charge is 2.14. The van der Waals surface area contributed by atoms with Gasteiger partial charge < -0.3 is 14.8 Å². The first kappa shape index (κ1) is 20.3. The Morgan fingerprint density at radius 2 is 1.61 bits per heavy atom. The summed E-state index contributed by atoms with van der Waals surface area (Å²) in [6.45, 7) is 2.15. The van der Waals surface area contributed by atoms with Crippen LogP contribution >= 0.6 is 0 Å². The molecule has 1 heterocycles. The lowest BCUT2D eigenvalue weighted by Gasteiger charge is -2.15. The van der Waals surface area contributed by atoms with Crippen LogP contribution in [0.3, 0.4) is 0 Å². The van der Waals surface area contributed by atoms with Crippen molar-refractivity contribution in [2.24, 2.45) is 0 Å². The van der Waals surface area contributed by atoms with Crippen LogP contribution in [0.1, 0.15) is 12.5 Å². The van der Waals surface area contributed by atoms with Gasteiger partial charge in [-0.3, -0.25) is 9.78 Å². The summed E-state index contributed by atoms with van der Waals surface area (Å²) in [5, 5.41) is 2.89. The normalized spacial score (nSPS) is 11.7. The molecule has 1 N–H and O–H groups in total. The number of nitrogens with zero attached hydrogens (tertiary/aromatic N) is 2. The molecule has 4 aromatic rings. The minimum atomic E-state index is -0.621. The van der Waals surface area contributed by atoms with Crippen molar-refractivity contribution in [2.45, 2.75) is 19.6 Å². The van der Waals surface area contributed by atoms with Gasteiger partial charge in [-0.25, -0.2) is 4.98 Å². The predicted molar refractivity (Wildman–Crippen MR) is 120 cm³/mol. The number of methoxy groups -OCH3 is 1. The molecule has 0 bridgehead atoms. The number of rotatable bonds is 7. The van der Waals surface area contributed by atoms with E-state index in [4.69, 9.17) is 9.47 Å². The fourth-order valence-corrected chi connectivity index (χ4v) is 3.13. The van der Waals surface area contributed by atoms with Crippen molar-refractivity contribution in [2.75, 3.05) is 7.11 Å². The number of benzene rings is 3. The molecule has 0 unspecified atom stereocenters. The molecule has 1 atom stereocenters. The summed E-state index contributed by atoms with van der Waals surface area (Å²) in [5.41, 5.74) is 4.42. The Hall–Kier alpha value is -3.93. The topological polar surface area (TPSA) is 73.3 Å². The second-order valence-electron chi connectivity index (χ2n) is 7.09. The lowest BCUT2D eigenvalue weighted by Crippen LogP contribution is -2.35. The van der Waals surface area contributed by atoms with Crippen LogP contribution in [-0.4, -0.2) is 29.1 Å². The molecule has 6 heteroatoms. The Morgan fingerprint density at radius 3 is 2.32 bits per heavy atom. The SMILES string of the molecule is COc1ccc(CNC(=O)[C@H](C)Oc2ccc(-c3cnc4ccccc4n3)cc2)cc1. The van der Waals surface area contributed by atoms with Crippen molar-refractivity contribution in [1.82, 2.24) is 15.3 Å². The summed E-state index contributed by atoms with van der Waals surface area (Å²) in [5.74, 6) is 1.22. The smallest absolute Gasteiger partial charge is 0.261 e. The summed E-state index contributed by atoms with van der Waals surface area (Å²) < 4.78 is 10.9. The van der Waals surface area contributed by atoms with Crippen LogP contribution in [0, 0.1) is 0 Å². The molecule has 4 rings (SSSR count). The number of para-hydroxylation sites is 2. The average molecular weight is 413 g/mol. The van der Waals surface area contributed by atoms with Gasteiger partial charge in [0.2, 0.25) is 0 Å². The third-order valence-corrected chi connectivity index (χ3v) is 4.91. The van der Waals surface area contributed by atoms with Crippen LogP contribution in [-0.2, 0) is 11.3 Å². The average Bonchev–Trinajstić information content (AvgIpc) is 2.83. The maximum atomic E-state index is 12.4. The molecule has 0 radical (unpaired) electrons. The molecule has 3 aromatic carbocycles. The van der Waals surface area contributed by atoms with E-state index in [9.17, 15) is 4.79 Å². The first-order valence-corrected chi connectivity index (χ1v) is 10.0. The maximum absolute atomic E-state index is 12.4. The van der Waals surface area contributed by atoms with Crippen molar-refractivity contribution in [3.63, 3.8) is 0 Å². The number of hydrogen-bond donors (Lipinski definition) is 1. The predicted octanol–water partition coefficient (Wildman–Crippen LogP) is 4.39. The highest BCUT2D eigenvalue weighted by atomic mass is 16.5. The van der Waals surface area contributed by atoms with Gasteiger partial charge in [-0.15, -0.1) is 0 Å².